The molecule has 0 bridgehead atoms. The average molecular weight is 550 g/mol. The molecule has 0 unspecified atom stereocenters. The summed E-state index contributed by atoms with van der Waals surface area (Å²) in [6, 6.07) is 9.36. The van der Waals surface area contributed by atoms with Crippen molar-refractivity contribution in [3.05, 3.63) is 35.9 Å². The van der Waals surface area contributed by atoms with Gasteiger partial charge in [0.2, 0.25) is 12.1 Å². The van der Waals surface area contributed by atoms with Gasteiger partial charge < -0.3 is 19.1 Å². The number of piperazine rings is 1. The number of hydrogen-bond acceptors (Lipinski definition) is 9. The fraction of sp³-hybridized carbons (Fsp3) is 0.643. The van der Waals surface area contributed by atoms with E-state index in [1.807, 2.05) is 30.3 Å². The molecule has 11 nitrogen and oxygen atoms in total. The van der Waals surface area contributed by atoms with Crippen molar-refractivity contribution in [2.75, 3.05) is 32.8 Å². The van der Waals surface area contributed by atoms with Gasteiger partial charge in [-0.05, 0) is 54.0 Å². The smallest absolute Gasteiger partial charge is 0.410 e. The van der Waals surface area contributed by atoms with E-state index in [9.17, 15) is 19.2 Å². The molecule has 1 saturated heterocycles. The van der Waals surface area contributed by atoms with Crippen molar-refractivity contribution >= 4 is 24.4 Å². The molecule has 0 radical (unpaired) electrons. The van der Waals surface area contributed by atoms with Crippen LogP contribution in [-0.2, 0) is 40.0 Å². The Bertz CT molecular complexity index is 965. The first kappa shape index (κ1) is 32.0. The van der Waals surface area contributed by atoms with Crippen molar-refractivity contribution in [2.24, 2.45) is 0 Å². The molecule has 0 aliphatic carbocycles. The summed E-state index contributed by atoms with van der Waals surface area (Å²) in [7, 11) is 0. The van der Waals surface area contributed by atoms with E-state index in [1.165, 1.54) is 0 Å². The van der Waals surface area contributed by atoms with E-state index in [0.717, 1.165) is 10.6 Å². The third-order valence-electron chi connectivity index (χ3n) is 5.80. The van der Waals surface area contributed by atoms with E-state index in [2.05, 4.69) is 0 Å². The summed E-state index contributed by atoms with van der Waals surface area (Å²) in [5.74, 6) is -1.26. The standard InChI is InChI=1S/C28H43N3O8/c1-8-36-24(34)28(31(21-32)39-27(5,6)7,15-14-23(33)38-26(2,3)4)30-18-16-29(17-19-30)25(35)37-20-22-12-10-9-11-13-22/h9-13,21H,8,14-20H2,1-7H3/t28-/m0/s1. The zero-order valence-electron chi connectivity index (χ0n) is 24.2. The van der Waals surface area contributed by atoms with Crippen LogP contribution >= 0.6 is 0 Å². The first-order chi connectivity index (χ1) is 18.2. The molecule has 218 valence electrons. The first-order valence-corrected chi connectivity index (χ1v) is 13.3. The van der Waals surface area contributed by atoms with E-state index in [1.54, 1.807) is 58.3 Å². The summed E-state index contributed by atoms with van der Waals surface area (Å²) in [4.78, 5) is 60.6. The number of carbonyl (C=O) groups excluding carboxylic acids is 4. The molecule has 1 atom stereocenters. The lowest BCUT2D eigenvalue weighted by Crippen LogP contribution is -2.70. The molecule has 0 aromatic heterocycles. The third-order valence-corrected chi connectivity index (χ3v) is 5.80. The van der Waals surface area contributed by atoms with Crippen LogP contribution in [0.15, 0.2) is 30.3 Å². The van der Waals surface area contributed by atoms with Gasteiger partial charge >= 0.3 is 18.0 Å². The normalized spacial score (nSPS) is 16.1. The second-order valence-electron chi connectivity index (χ2n) is 11.3. The molecule has 1 fully saturated rings. The van der Waals surface area contributed by atoms with Gasteiger partial charge in [0.15, 0.2) is 0 Å². The molecular weight excluding hydrogens is 506 g/mol. The third kappa shape index (κ3) is 9.50. The van der Waals surface area contributed by atoms with Crippen LogP contribution in [0.2, 0.25) is 0 Å². The van der Waals surface area contributed by atoms with Crippen molar-refractivity contribution in [3.8, 4) is 0 Å². The fourth-order valence-corrected chi connectivity index (χ4v) is 4.19. The average Bonchev–Trinajstić information content (AvgIpc) is 2.86. The van der Waals surface area contributed by atoms with Crippen LogP contribution in [0, 0.1) is 0 Å². The molecule has 11 heteroatoms. The highest BCUT2D eigenvalue weighted by atomic mass is 16.7. The van der Waals surface area contributed by atoms with Gasteiger partial charge in [0, 0.05) is 39.0 Å². The second-order valence-corrected chi connectivity index (χ2v) is 11.3. The Hall–Kier alpha value is -3.18. The Kier molecular flexibility index (Phi) is 11.3. The maximum Gasteiger partial charge on any atom is 0.410 e. The minimum atomic E-state index is -1.76. The summed E-state index contributed by atoms with van der Waals surface area (Å²) < 4.78 is 16.4. The maximum atomic E-state index is 13.6. The molecule has 2 amide bonds. The molecule has 0 spiro atoms. The van der Waals surface area contributed by atoms with Gasteiger partial charge in [-0.1, -0.05) is 30.3 Å². The van der Waals surface area contributed by atoms with Crippen LogP contribution in [0.3, 0.4) is 0 Å². The lowest BCUT2D eigenvalue weighted by Gasteiger charge is -2.49. The highest BCUT2D eigenvalue weighted by Crippen LogP contribution is 2.32. The van der Waals surface area contributed by atoms with Crippen LogP contribution < -0.4 is 0 Å². The van der Waals surface area contributed by atoms with Crippen molar-refractivity contribution in [3.63, 3.8) is 0 Å². The van der Waals surface area contributed by atoms with Gasteiger partial charge in [0.05, 0.1) is 12.2 Å². The Morgan fingerprint density at radius 2 is 1.54 bits per heavy atom. The molecular formula is C28H43N3O8. The van der Waals surface area contributed by atoms with Crippen LogP contribution in [0.5, 0.6) is 0 Å². The largest absolute Gasteiger partial charge is 0.463 e. The molecule has 1 aromatic rings. The number of rotatable bonds is 11. The number of nitrogens with zero attached hydrogens (tertiary/aromatic N) is 3. The van der Waals surface area contributed by atoms with Crippen LogP contribution in [0.25, 0.3) is 0 Å². The highest BCUT2D eigenvalue weighted by Gasteiger charge is 2.53. The second kappa shape index (κ2) is 13.7. The van der Waals surface area contributed by atoms with Gasteiger partial charge in [-0.3, -0.25) is 19.3 Å². The highest BCUT2D eigenvalue weighted by molar-refractivity contribution is 5.83. The number of hydroxylamine groups is 2. The van der Waals surface area contributed by atoms with Crippen molar-refractivity contribution < 1.29 is 38.2 Å². The molecule has 0 saturated carbocycles. The summed E-state index contributed by atoms with van der Waals surface area (Å²) in [6.45, 7) is 13.2. The molecule has 0 N–H and O–H groups in total. The van der Waals surface area contributed by atoms with Crippen LogP contribution in [0.1, 0.15) is 66.9 Å². The number of hydrogen-bond donors (Lipinski definition) is 0. The fourth-order valence-electron chi connectivity index (χ4n) is 4.19. The summed E-state index contributed by atoms with van der Waals surface area (Å²) >= 11 is 0. The number of benzene rings is 1. The Morgan fingerprint density at radius 3 is 2.05 bits per heavy atom. The van der Waals surface area contributed by atoms with E-state index in [-0.39, 0.29) is 52.2 Å². The van der Waals surface area contributed by atoms with Crippen molar-refractivity contribution in [1.82, 2.24) is 14.9 Å². The van der Waals surface area contributed by atoms with Gasteiger partial charge in [0.1, 0.15) is 12.2 Å². The van der Waals surface area contributed by atoms with E-state index in [4.69, 9.17) is 19.0 Å². The molecule has 2 rings (SSSR count). The monoisotopic (exact) mass is 549 g/mol. The SMILES string of the molecule is CCOC(=O)[C@@](CCC(=O)OC(C)(C)C)(N1CCN(C(=O)OCc2ccccc2)CC1)N(C=O)OC(C)(C)C. The quantitative estimate of drug-likeness (QED) is 0.177. The maximum absolute atomic E-state index is 13.6. The minimum absolute atomic E-state index is 0.0566. The van der Waals surface area contributed by atoms with Crippen molar-refractivity contribution in [2.45, 2.75) is 84.8 Å². The van der Waals surface area contributed by atoms with Crippen LogP contribution in [0.4, 0.5) is 4.79 Å². The van der Waals surface area contributed by atoms with Crippen molar-refractivity contribution in [1.29, 1.82) is 0 Å². The predicted molar refractivity (Wildman–Crippen MR) is 143 cm³/mol. The van der Waals surface area contributed by atoms with Gasteiger partial charge in [-0.2, -0.15) is 5.06 Å². The lowest BCUT2D eigenvalue weighted by molar-refractivity contribution is -0.288. The Labute approximate surface area is 231 Å². The molecule has 1 aliphatic heterocycles. The number of amides is 2. The predicted octanol–water partition coefficient (Wildman–Crippen LogP) is 3.51. The lowest BCUT2D eigenvalue weighted by atomic mass is 9.99. The molecule has 39 heavy (non-hydrogen) atoms. The Balaban J connectivity index is 2.29. The first-order valence-electron chi connectivity index (χ1n) is 13.3. The molecule has 1 heterocycles. The summed E-state index contributed by atoms with van der Waals surface area (Å²) in [6.07, 6.45) is -0.355. The Morgan fingerprint density at radius 1 is 0.923 bits per heavy atom. The molecule has 1 aromatic carbocycles. The topological polar surface area (TPSA) is 115 Å². The van der Waals surface area contributed by atoms with E-state index < -0.39 is 34.9 Å². The van der Waals surface area contributed by atoms with E-state index >= 15 is 0 Å². The molecule has 1 aliphatic rings. The van der Waals surface area contributed by atoms with Gasteiger partial charge in [-0.15, -0.1) is 0 Å². The number of ether oxygens (including phenoxy) is 3. The zero-order chi connectivity index (χ0) is 29.3. The zero-order valence-corrected chi connectivity index (χ0v) is 24.2. The van der Waals surface area contributed by atoms with E-state index in [0.29, 0.717) is 6.41 Å². The summed E-state index contributed by atoms with van der Waals surface area (Å²) in [5, 5.41) is 0.943. The number of esters is 2. The summed E-state index contributed by atoms with van der Waals surface area (Å²) in [5.41, 5.74) is -2.45. The number of carbonyl (C=O) groups is 4. The van der Waals surface area contributed by atoms with Crippen LogP contribution in [-0.4, -0.2) is 89.0 Å². The van der Waals surface area contributed by atoms with Gasteiger partial charge in [0.25, 0.3) is 0 Å². The minimum Gasteiger partial charge on any atom is -0.463 e. The van der Waals surface area contributed by atoms with Gasteiger partial charge in [-0.25, -0.2) is 9.59 Å².